The molecule has 6 rings (SSSR count). The van der Waals surface area contributed by atoms with E-state index in [4.69, 9.17) is 21.1 Å². The van der Waals surface area contributed by atoms with Gasteiger partial charge in [-0.1, -0.05) is 143 Å². The van der Waals surface area contributed by atoms with Crippen LogP contribution in [-0.4, -0.2) is 31.8 Å². The maximum atomic E-state index is 13.7. The van der Waals surface area contributed by atoms with Crippen molar-refractivity contribution in [1.29, 1.82) is 0 Å². The summed E-state index contributed by atoms with van der Waals surface area (Å²) < 4.78 is 14.2. The second-order valence-electron chi connectivity index (χ2n) is 15.2. The highest BCUT2D eigenvalue weighted by Crippen LogP contribution is 2.23. The monoisotopic (exact) mass is 787 g/mol. The minimum absolute atomic E-state index is 0.118. The van der Waals surface area contributed by atoms with Crippen molar-refractivity contribution in [1.82, 2.24) is 19.8 Å². The molecule has 1 unspecified atom stereocenters. The van der Waals surface area contributed by atoms with Crippen LogP contribution in [0.2, 0.25) is 5.02 Å². The van der Waals surface area contributed by atoms with Crippen molar-refractivity contribution in [3.8, 4) is 11.5 Å². The van der Waals surface area contributed by atoms with Crippen LogP contribution in [0.5, 0.6) is 11.5 Å². The number of hydrogen-bond donors (Lipinski definition) is 2. The Morgan fingerprint density at radius 3 is 1.98 bits per heavy atom. The molecule has 1 amide bonds. The summed E-state index contributed by atoms with van der Waals surface area (Å²) in [7, 11) is 0. The van der Waals surface area contributed by atoms with E-state index in [-0.39, 0.29) is 5.91 Å². The number of H-pyrrole nitrogens is 1. The molecule has 0 saturated heterocycles. The van der Waals surface area contributed by atoms with Crippen LogP contribution in [0.25, 0.3) is 5.65 Å². The zero-order valence-electron chi connectivity index (χ0n) is 33.7. The first-order chi connectivity index (χ1) is 27.9. The van der Waals surface area contributed by atoms with Gasteiger partial charge in [0.2, 0.25) is 0 Å². The maximum Gasteiger partial charge on any atom is 0.265 e. The van der Waals surface area contributed by atoms with E-state index in [0.717, 1.165) is 67.0 Å². The van der Waals surface area contributed by atoms with Gasteiger partial charge in [0.05, 0.1) is 5.69 Å². The molecule has 2 aromatic heterocycles. The summed E-state index contributed by atoms with van der Waals surface area (Å²) >= 11 is 6.32. The van der Waals surface area contributed by atoms with Gasteiger partial charge in [-0.2, -0.15) is 0 Å². The Morgan fingerprint density at radius 1 is 0.702 bits per heavy atom. The number of nitrogens with zero attached hydrogens (tertiary/aromatic N) is 3. The summed E-state index contributed by atoms with van der Waals surface area (Å²) in [4.78, 5) is 13.7. The molecule has 57 heavy (non-hydrogen) atoms. The Hall–Kier alpha value is -5.08. The molecule has 2 N–H and O–H groups in total. The van der Waals surface area contributed by atoms with Crippen LogP contribution >= 0.6 is 11.6 Å². The number of anilines is 1. The number of unbranched alkanes of at least 4 members (excludes halogenated alkanes) is 9. The minimum Gasteiger partial charge on any atom is -0.489 e. The number of aryl methyl sites for hydroxylation is 3. The lowest BCUT2D eigenvalue weighted by atomic mass is 10.0. The molecule has 2 heterocycles. The van der Waals surface area contributed by atoms with Crippen molar-refractivity contribution in [2.24, 2.45) is 0 Å². The van der Waals surface area contributed by atoms with Gasteiger partial charge in [0.15, 0.2) is 17.6 Å². The zero-order valence-corrected chi connectivity index (χ0v) is 34.4. The number of amides is 1. The van der Waals surface area contributed by atoms with Crippen LogP contribution < -0.4 is 14.8 Å². The molecule has 0 spiro atoms. The first kappa shape index (κ1) is 41.6. The van der Waals surface area contributed by atoms with Gasteiger partial charge in [0.25, 0.3) is 5.91 Å². The van der Waals surface area contributed by atoms with Crippen LogP contribution in [0.15, 0.2) is 103 Å². The van der Waals surface area contributed by atoms with Crippen LogP contribution in [0.3, 0.4) is 0 Å². The molecule has 4 aromatic carbocycles. The number of nitrogens with one attached hydrogen (secondary N) is 2. The van der Waals surface area contributed by atoms with E-state index in [9.17, 15) is 4.79 Å². The Labute approximate surface area is 343 Å². The number of rotatable bonds is 24. The van der Waals surface area contributed by atoms with Crippen molar-refractivity contribution in [2.75, 3.05) is 5.32 Å². The predicted octanol–water partition coefficient (Wildman–Crippen LogP) is 12.1. The van der Waals surface area contributed by atoms with E-state index in [2.05, 4.69) is 76.1 Å². The lowest BCUT2D eigenvalue weighted by Crippen LogP contribution is -2.33. The molecule has 0 aliphatic rings. The summed E-state index contributed by atoms with van der Waals surface area (Å²) in [5.74, 6) is 2.30. The Morgan fingerprint density at radius 2 is 1.32 bits per heavy atom. The highest BCUT2D eigenvalue weighted by atomic mass is 35.5. The van der Waals surface area contributed by atoms with Crippen molar-refractivity contribution >= 4 is 28.8 Å². The Bertz CT molecular complexity index is 2080. The molecule has 6 aromatic rings. The normalized spacial score (nSPS) is 11.8. The summed E-state index contributed by atoms with van der Waals surface area (Å²) in [5, 5.41) is 15.5. The first-order valence-corrected chi connectivity index (χ1v) is 21.3. The number of hydrogen-bond acceptors (Lipinski definition) is 5. The van der Waals surface area contributed by atoms with Crippen molar-refractivity contribution in [3.05, 3.63) is 142 Å². The lowest BCUT2D eigenvalue weighted by Gasteiger charge is -2.19. The number of aromatic nitrogens is 4. The van der Waals surface area contributed by atoms with E-state index in [1.807, 2.05) is 66.0 Å². The molecule has 9 heteroatoms. The SMILES string of the molecule is CCCCCCCCCCCCC(Oc1ccc(Cc2ccc(OCc3ccccc3)cc2)cc1)C(=O)Nc1ccc(CCCc2nnc3c(Cl)c(C)[nH]n23)cc1. The van der Waals surface area contributed by atoms with Gasteiger partial charge < -0.3 is 14.8 Å². The van der Waals surface area contributed by atoms with Crippen LogP contribution in [0.4, 0.5) is 5.69 Å². The third kappa shape index (κ3) is 13.0. The van der Waals surface area contributed by atoms with Crippen LogP contribution in [0.1, 0.15) is 118 Å². The van der Waals surface area contributed by atoms with Gasteiger partial charge in [-0.3, -0.25) is 9.89 Å². The van der Waals surface area contributed by atoms with E-state index >= 15 is 0 Å². The average Bonchev–Trinajstić information content (AvgIpc) is 3.76. The van der Waals surface area contributed by atoms with Crippen molar-refractivity contribution in [3.63, 3.8) is 0 Å². The van der Waals surface area contributed by atoms with Gasteiger partial charge in [-0.15, -0.1) is 10.2 Å². The van der Waals surface area contributed by atoms with Crippen molar-refractivity contribution in [2.45, 2.75) is 123 Å². The molecule has 0 radical (unpaired) electrons. The number of ether oxygens (including phenoxy) is 2. The second kappa shape index (κ2) is 22.0. The first-order valence-electron chi connectivity index (χ1n) is 20.9. The van der Waals surface area contributed by atoms with Crippen LogP contribution in [-0.2, 0) is 30.7 Å². The van der Waals surface area contributed by atoms with E-state index in [1.165, 1.54) is 68.1 Å². The molecule has 300 valence electrons. The average molecular weight is 788 g/mol. The smallest absolute Gasteiger partial charge is 0.265 e. The fourth-order valence-electron chi connectivity index (χ4n) is 7.14. The molecule has 0 bridgehead atoms. The number of carbonyl (C=O) groups is 1. The summed E-state index contributed by atoms with van der Waals surface area (Å²) in [5.41, 5.74) is 7.04. The van der Waals surface area contributed by atoms with E-state index in [0.29, 0.717) is 29.4 Å². The number of benzene rings is 4. The molecular formula is C48H58ClN5O3. The van der Waals surface area contributed by atoms with E-state index in [1.54, 1.807) is 0 Å². The summed E-state index contributed by atoms with van der Waals surface area (Å²) in [6.07, 6.45) is 15.9. The fourth-order valence-corrected chi connectivity index (χ4v) is 7.31. The molecule has 0 aliphatic carbocycles. The number of fused-ring (bicyclic) bond motifs is 1. The van der Waals surface area contributed by atoms with Gasteiger partial charge in [0.1, 0.15) is 23.1 Å². The second-order valence-corrected chi connectivity index (χ2v) is 15.6. The standard InChI is InChI=1S/C48H58ClN5O3/c1-3-4-5-6-7-8-9-10-11-15-20-44(48(55)50-41-28-22-37(23-29-41)19-16-21-45-51-52-47-46(49)36(2)53-54(45)47)57-43-32-26-39(27-33-43)34-38-24-30-42(31-25-38)56-35-40-17-13-12-14-18-40/h12-14,17-18,22-33,44,53H,3-11,15-16,19-21,34-35H2,1-2H3,(H,50,55). The minimum atomic E-state index is -0.585. The van der Waals surface area contributed by atoms with E-state index < -0.39 is 6.10 Å². The lowest BCUT2D eigenvalue weighted by molar-refractivity contribution is -0.123. The third-order valence-corrected chi connectivity index (χ3v) is 11.0. The maximum absolute atomic E-state index is 13.7. The highest BCUT2D eigenvalue weighted by Gasteiger charge is 2.21. The highest BCUT2D eigenvalue weighted by molar-refractivity contribution is 6.34. The third-order valence-electron chi connectivity index (χ3n) is 10.5. The molecule has 1 atom stereocenters. The van der Waals surface area contributed by atoms with Gasteiger partial charge in [-0.05, 0) is 97.7 Å². The van der Waals surface area contributed by atoms with Crippen molar-refractivity contribution < 1.29 is 14.3 Å². The Kier molecular flexibility index (Phi) is 16.0. The zero-order chi connectivity index (χ0) is 39.7. The topological polar surface area (TPSA) is 93.5 Å². The molecule has 0 aliphatic heterocycles. The van der Waals surface area contributed by atoms with Gasteiger partial charge >= 0.3 is 0 Å². The molecule has 0 saturated carbocycles. The molecule has 8 nitrogen and oxygen atoms in total. The summed E-state index contributed by atoms with van der Waals surface area (Å²) in [6.45, 7) is 4.74. The molecular weight excluding hydrogens is 730 g/mol. The quantitative estimate of drug-likeness (QED) is 0.0596. The number of halogens is 1. The number of carbonyl (C=O) groups excluding carboxylic acids is 1. The Balaban J connectivity index is 0.995. The fraction of sp³-hybridized carbons (Fsp3) is 0.396. The van der Waals surface area contributed by atoms with Gasteiger partial charge in [-0.25, -0.2) is 4.52 Å². The molecule has 0 fully saturated rings. The largest absolute Gasteiger partial charge is 0.489 e. The summed E-state index contributed by atoms with van der Waals surface area (Å²) in [6, 6.07) is 34.7. The number of aromatic amines is 1. The predicted molar refractivity (Wildman–Crippen MR) is 232 cm³/mol. The van der Waals surface area contributed by atoms with Crippen LogP contribution in [0, 0.1) is 6.92 Å². The van der Waals surface area contributed by atoms with Gasteiger partial charge in [0, 0.05) is 12.1 Å².